The van der Waals surface area contributed by atoms with Gasteiger partial charge in [-0.25, -0.2) is 9.79 Å². The zero-order valence-electron chi connectivity index (χ0n) is 23.2. The summed E-state index contributed by atoms with van der Waals surface area (Å²) in [6, 6.07) is 18.1. The summed E-state index contributed by atoms with van der Waals surface area (Å²) in [5, 5.41) is 11.5. The van der Waals surface area contributed by atoms with Crippen LogP contribution in [0.4, 0.5) is 0 Å². The standard InChI is InChI=1S/C30H37N3O6/c1-6-30-18-25(39-27(36)23-15-11-8-12-16-23)29(4,37)17-24(30)26(38-5)33(21(3)35)28(31-30)32(20(2)34)19-22-13-9-7-10-14-22/h7-16,24-26,37H,6,17-19H2,1-5H3/t24-,25-,26-,29+,30+/m1/s1. The first kappa shape index (κ1) is 28.4. The van der Waals surface area contributed by atoms with Crippen LogP contribution in [0.25, 0.3) is 0 Å². The molecule has 208 valence electrons. The van der Waals surface area contributed by atoms with Gasteiger partial charge < -0.3 is 14.6 Å². The molecule has 0 bridgehead atoms. The van der Waals surface area contributed by atoms with Crippen LogP contribution in [0.15, 0.2) is 65.7 Å². The first-order chi connectivity index (χ1) is 18.5. The number of esters is 1. The highest BCUT2D eigenvalue weighted by Gasteiger charge is 2.60. The third kappa shape index (κ3) is 5.60. The number of carbonyl (C=O) groups is 3. The molecule has 0 saturated heterocycles. The van der Waals surface area contributed by atoms with Gasteiger partial charge in [0, 0.05) is 33.3 Å². The Morgan fingerprint density at radius 1 is 1.05 bits per heavy atom. The summed E-state index contributed by atoms with van der Waals surface area (Å²) >= 11 is 0. The van der Waals surface area contributed by atoms with E-state index in [0.29, 0.717) is 12.0 Å². The fourth-order valence-corrected chi connectivity index (χ4v) is 5.80. The predicted molar refractivity (Wildman–Crippen MR) is 145 cm³/mol. The van der Waals surface area contributed by atoms with Gasteiger partial charge in [0.2, 0.25) is 17.8 Å². The Kier molecular flexibility index (Phi) is 8.23. The number of benzene rings is 2. The van der Waals surface area contributed by atoms with Gasteiger partial charge in [0.1, 0.15) is 12.3 Å². The molecule has 1 fully saturated rings. The zero-order chi connectivity index (χ0) is 28.4. The molecule has 1 heterocycles. The highest BCUT2D eigenvalue weighted by Crippen LogP contribution is 2.50. The Hall–Kier alpha value is -3.56. The number of amides is 2. The Labute approximate surface area is 229 Å². The number of aliphatic hydroxyl groups is 1. The van der Waals surface area contributed by atoms with Gasteiger partial charge in [-0.2, -0.15) is 0 Å². The summed E-state index contributed by atoms with van der Waals surface area (Å²) in [5.41, 5.74) is -1.00. The Bertz CT molecular complexity index is 1230. The van der Waals surface area contributed by atoms with E-state index in [1.54, 1.807) is 31.2 Å². The predicted octanol–water partition coefficient (Wildman–Crippen LogP) is 3.76. The number of ether oxygens (including phenoxy) is 2. The second-order valence-electron chi connectivity index (χ2n) is 10.6. The molecule has 0 radical (unpaired) electrons. The molecule has 9 heteroatoms. The Balaban J connectivity index is 1.79. The van der Waals surface area contributed by atoms with Crippen molar-refractivity contribution in [3.63, 3.8) is 0 Å². The third-order valence-electron chi connectivity index (χ3n) is 7.95. The molecule has 39 heavy (non-hydrogen) atoms. The van der Waals surface area contributed by atoms with Gasteiger partial charge in [-0.05, 0) is 37.5 Å². The van der Waals surface area contributed by atoms with Crippen molar-refractivity contribution in [2.24, 2.45) is 10.9 Å². The van der Waals surface area contributed by atoms with Crippen LogP contribution in [0, 0.1) is 5.92 Å². The van der Waals surface area contributed by atoms with Crippen LogP contribution >= 0.6 is 0 Å². The highest BCUT2D eigenvalue weighted by atomic mass is 16.6. The Morgan fingerprint density at radius 2 is 1.67 bits per heavy atom. The highest BCUT2D eigenvalue weighted by molar-refractivity contribution is 6.04. The molecule has 1 saturated carbocycles. The van der Waals surface area contributed by atoms with Gasteiger partial charge in [0.05, 0.1) is 23.2 Å². The van der Waals surface area contributed by atoms with E-state index >= 15 is 0 Å². The molecular formula is C30H37N3O6. The quantitative estimate of drug-likeness (QED) is 0.565. The maximum Gasteiger partial charge on any atom is 0.338 e. The van der Waals surface area contributed by atoms with Gasteiger partial charge >= 0.3 is 5.97 Å². The minimum Gasteiger partial charge on any atom is -0.456 e. The number of aliphatic imine (C=N–C) groups is 1. The second kappa shape index (κ2) is 11.3. The van der Waals surface area contributed by atoms with Crippen molar-refractivity contribution in [3.8, 4) is 0 Å². The SMILES string of the molecule is CC[C@]12C[C@@H](OC(=O)c3ccccc3)[C@@](C)(O)C[C@@H]1[C@@H](OC)N(C(C)=O)C(N(Cc1ccccc1)C(C)=O)=N2. The minimum atomic E-state index is -1.40. The molecule has 5 atom stereocenters. The zero-order valence-corrected chi connectivity index (χ0v) is 23.2. The van der Waals surface area contributed by atoms with E-state index in [-0.39, 0.29) is 37.2 Å². The van der Waals surface area contributed by atoms with Crippen molar-refractivity contribution >= 4 is 23.7 Å². The lowest BCUT2D eigenvalue weighted by molar-refractivity contribution is -0.178. The molecule has 1 aliphatic heterocycles. The molecular weight excluding hydrogens is 498 g/mol. The number of hydrogen-bond donors (Lipinski definition) is 1. The lowest BCUT2D eigenvalue weighted by atomic mass is 9.63. The fraction of sp³-hybridized carbons (Fsp3) is 0.467. The number of nitrogens with zero attached hydrogens (tertiary/aromatic N) is 3. The molecule has 2 aliphatic rings. The number of hydrogen-bond acceptors (Lipinski definition) is 7. The molecule has 9 nitrogen and oxygen atoms in total. The molecule has 1 N–H and O–H groups in total. The van der Waals surface area contributed by atoms with E-state index < -0.39 is 35.4 Å². The minimum absolute atomic E-state index is 0.172. The normalized spacial score (nSPS) is 28.2. The lowest BCUT2D eigenvalue weighted by Gasteiger charge is -2.56. The molecule has 2 aromatic carbocycles. The van der Waals surface area contributed by atoms with Crippen LogP contribution in [0.2, 0.25) is 0 Å². The van der Waals surface area contributed by atoms with Crippen molar-refractivity contribution in [2.45, 2.75) is 77.0 Å². The maximum absolute atomic E-state index is 13.0. The molecule has 0 unspecified atom stereocenters. The van der Waals surface area contributed by atoms with Crippen LogP contribution in [0.3, 0.4) is 0 Å². The van der Waals surface area contributed by atoms with E-state index in [9.17, 15) is 19.5 Å². The van der Waals surface area contributed by atoms with Crippen LogP contribution in [0.5, 0.6) is 0 Å². The van der Waals surface area contributed by atoms with Crippen LogP contribution in [-0.4, -0.2) is 69.2 Å². The first-order valence-corrected chi connectivity index (χ1v) is 13.3. The first-order valence-electron chi connectivity index (χ1n) is 13.3. The molecule has 1 aliphatic carbocycles. The summed E-state index contributed by atoms with van der Waals surface area (Å²) in [6.07, 6.45) is -0.770. The number of rotatable bonds is 6. The number of methoxy groups -OCH3 is 1. The lowest BCUT2D eigenvalue weighted by Crippen LogP contribution is -2.68. The van der Waals surface area contributed by atoms with E-state index in [1.165, 1.54) is 30.8 Å². The van der Waals surface area contributed by atoms with Gasteiger partial charge in [-0.15, -0.1) is 0 Å². The van der Waals surface area contributed by atoms with Gasteiger partial charge in [-0.1, -0.05) is 55.5 Å². The van der Waals surface area contributed by atoms with E-state index in [4.69, 9.17) is 14.5 Å². The second-order valence-corrected chi connectivity index (χ2v) is 10.6. The topological polar surface area (TPSA) is 109 Å². The van der Waals surface area contributed by atoms with Crippen LogP contribution in [-0.2, 0) is 25.6 Å². The molecule has 0 spiro atoms. The summed E-state index contributed by atoms with van der Waals surface area (Å²) in [4.78, 5) is 47.0. The maximum atomic E-state index is 13.0. The Morgan fingerprint density at radius 3 is 2.21 bits per heavy atom. The van der Waals surface area contributed by atoms with Crippen molar-refractivity contribution in [1.82, 2.24) is 9.80 Å². The fourth-order valence-electron chi connectivity index (χ4n) is 5.80. The van der Waals surface area contributed by atoms with Crippen molar-refractivity contribution in [2.75, 3.05) is 7.11 Å². The van der Waals surface area contributed by atoms with Crippen LogP contribution in [0.1, 0.15) is 62.9 Å². The van der Waals surface area contributed by atoms with Gasteiger partial charge in [-0.3, -0.25) is 19.4 Å². The summed E-state index contributed by atoms with van der Waals surface area (Å²) < 4.78 is 11.8. The smallest absolute Gasteiger partial charge is 0.338 e. The van der Waals surface area contributed by atoms with Crippen molar-refractivity contribution < 1.29 is 29.0 Å². The number of fused-ring (bicyclic) bond motifs is 1. The van der Waals surface area contributed by atoms with E-state index in [0.717, 1.165) is 5.56 Å². The number of guanidine groups is 1. The average Bonchev–Trinajstić information content (AvgIpc) is 2.92. The molecule has 0 aromatic heterocycles. The van der Waals surface area contributed by atoms with Gasteiger partial charge in [0.15, 0.2) is 0 Å². The summed E-state index contributed by atoms with van der Waals surface area (Å²) in [5.74, 6) is -1.36. The third-order valence-corrected chi connectivity index (χ3v) is 7.95. The monoisotopic (exact) mass is 535 g/mol. The van der Waals surface area contributed by atoms with E-state index in [2.05, 4.69) is 0 Å². The largest absolute Gasteiger partial charge is 0.456 e. The molecule has 4 rings (SSSR count). The molecule has 2 amide bonds. The molecule has 2 aromatic rings. The average molecular weight is 536 g/mol. The van der Waals surface area contributed by atoms with Crippen molar-refractivity contribution in [1.29, 1.82) is 0 Å². The van der Waals surface area contributed by atoms with Crippen LogP contribution < -0.4 is 0 Å². The summed E-state index contributed by atoms with van der Waals surface area (Å²) in [7, 11) is 1.51. The van der Waals surface area contributed by atoms with Gasteiger partial charge in [0.25, 0.3) is 0 Å². The number of carbonyl (C=O) groups excluding carboxylic acids is 3. The van der Waals surface area contributed by atoms with E-state index in [1.807, 2.05) is 43.3 Å². The summed E-state index contributed by atoms with van der Waals surface area (Å²) in [6.45, 7) is 6.66. The van der Waals surface area contributed by atoms with Crippen molar-refractivity contribution in [3.05, 3.63) is 71.8 Å².